The molecule has 1 N–H and O–H groups in total. The van der Waals surface area contributed by atoms with Gasteiger partial charge in [0.25, 0.3) is 0 Å². The number of nitrogens with one attached hydrogen (secondary N) is 1. The monoisotopic (exact) mass is 365 g/mol. The zero-order valence-corrected chi connectivity index (χ0v) is 14.9. The third kappa shape index (κ3) is 3.38. The second-order valence-electron chi connectivity index (χ2n) is 8.04. The fourth-order valence-electron chi connectivity index (χ4n) is 5.68. The van der Waals surface area contributed by atoms with E-state index in [9.17, 15) is 13.6 Å². The second-order valence-corrected chi connectivity index (χ2v) is 8.04. The van der Waals surface area contributed by atoms with Gasteiger partial charge in [-0.2, -0.15) is 8.78 Å². The predicted molar refractivity (Wildman–Crippen MR) is 92.0 cm³/mol. The molecule has 0 aliphatic heterocycles. The third-order valence-electron chi connectivity index (χ3n) is 6.44. The van der Waals surface area contributed by atoms with Crippen LogP contribution in [0.15, 0.2) is 18.2 Å². The summed E-state index contributed by atoms with van der Waals surface area (Å²) in [7, 11) is 1.41. The van der Waals surface area contributed by atoms with Gasteiger partial charge in [0.2, 0.25) is 5.91 Å². The molecule has 4 fully saturated rings. The van der Waals surface area contributed by atoms with Gasteiger partial charge >= 0.3 is 6.61 Å². The van der Waals surface area contributed by atoms with Crippen LogP contribution in [0.2, 0.25) is 0 Å². The van der Waals surface area contributed by atoms with Crippen LogP contribution in [-0.4, -0.2) is 19.6 Å². The van der Waals surface area contributed by atoms with Crippen LogP contribution in [0.5, 0.6) is 11.5 Å². The van der Waals surface area contributed by atoms with E-state index in [1.807, 2.05) is 0 Å². The van der Waals surface area contributed by atoms with E-state index in [1.54, 1.807) is 12.1 Å². The van der Waals surface area contributed by atoms with Crippen molar-refractivity contribution in [1.82, 2.24) is 5.32 Å². The zero-order chi connectivity index (χ0) is 18.3. The van der Waals surface area contributed by atoms with Crippen molar-refractivity contribution >= 4 is 5.91 Å². The molecule has 0 radical (unpaired) electrons. The summed E-state index contributed by atoms with van der Waals surface area (Å²) in [5.74, 6) is 3.30. The molecule has 6 heteroatoms. The number of benzene rings is 1. The summed E-state index contributed by atoms with van der Waals surface area (Å²) in [5, 5.41) is 3.06. The highest BCUT2D eigenvalue weighted by Gasteiger charge is 2.50. The topological polar surface area (TPSA) is 47.6 Å². The molecule has 5 rings (SSSR count). The summed E-state index contributed by atoms with van der Waals surface area (Å²) >= 11 is 0. The molecule has 0 saturated heterocycles. The molecule has 4 nitrogen and oxygen atoms in total. The second kappa shape index (κ2) is 7.05. The number of ether oxygens (including phenoxy) is 2. The van der Waals surface area contributed by atoms with E-state index < -0.39 is 6.61 Å². The molecule has 0 spiro atoms. The van der Waals surface area contributed by atoms with Crippen LogP contribution in [0.25, 0.3) is 0 Å². The fraction of sp³-hybridized carbons (Fsp3) is 0.650. The lowest BCUT2D eigenvalue weighted by Gasteiger charge is -2.53. The minimum Gasteiger partial charge on any atom is -0.493 e. The summed E-state index contributed by atoms with van der Waals surface area (Å²) in [6.07, 6.45) is 6.20. The molecule has 0 atom stereocenters. The average molecular weight is 365 g/mol. The van der Waals surface area contributed by atoms with Crippen molar-refractivity contribution in [3.05, 3.63) is 23.8 Å². The molecule has 142 valence electrons. The molecule has 4 aliphatic rings. The van der Waals surface area contributed by atoms with Crippen molar-refractivity contribution in [3.63, 3.8) is 0 Å². The Labute approximate surface area is 152 Å². The lowest BCUT2D eigenvalue weighted by Crippen LogP contribution is -2.50. The van der Waals surface area contributed by atoms with Crippen molar-refractivity contribution in [1.29, 1.82) is 0 Å². The van der Waals surface area contributed by atoms with Gasteiger partial charge in [-0.15, -0.1) is 0 Å². The number of methoxy groups -OCH3 is 1. The Morgan fingerprint density at radius 2 is 1.77 bits per heavy atom. The molecule has 26 heavy (non-hydrogen) atoms. The van der Waals surface area contributed by atoms with E-state index in [-0.39, 0.29) is 23.3 Å². The van der Waals surface area contributed by atoms with Crippen LogP contribution in [0, 0.1) is 29.6 Å². The zero-order valence-electron chi connectivity index (χ0n) is 14.9. The largest absolute Gasteiger partial charge is 0.493 e. The van der Waals surface area contributed by atoms with Gasteiger partial charge in [-0.05, 0) is 73.5 Å². The number of carbonyl (C=O) groups is 1. The van der Waals surface area contributed by atoms with Crippen LogP contribution in [0.1, 0.15) is 37.7 Å². The fourth-order valence-corrected chi connectivity index (χ4v) is 5.68. The van der Waals surface area contributed by atoms with Crippen molar-refractivity contribution in [2.75, 3.05) is 7.11 Å². The molecule has 1 aromatic carbocycles. The molecule has 0 heterocycles. The summed E-state index contributed by atoms with van der Waals surface area (Å²) in [4.78, 5) is 12.8. The summed E-state index contributed by atoms with van der Waals surface area (Å²) in [6, 6.07) is 4.77. The van der Waals surface area contributed by atoms with E-state index in [0.717, 1.165) is 17.4 Å². The van der Waals surface area contributed by atoms with Gasteiger partial charge in [0.1, 0.15) is 0 Å². The summed E-state index contributed by atoms with van der Waals surface area (Å²) in [6.45, 7) is -2.53. The number of carbonyl (C=O) groups excluding carboxylic acids is 1. The minimum absolute atomic E-state index is 0.00128. The van der Waals surface area contributed by atoms with Crippen LogP contribution in [0.4, 0.5) is 8.78 Å². The summed E-state index contributed by atoms with van der Waals surface area (Å²) < 4.78 is 34.4. The van der Waals surface area contributed by atoms with Crippen molar-refractivity contribution in [2.45, 2.75) is 45.3 Å². The maximum absolute atomic E-state index is 12.8. The van der Waals surface area contributed by atoms with Gasteiger partial charge < -0.3 is 14.8 Å². The molecular weight excluding hydrogens is 340 g/mol. The molecular formula is C20H25F2NO3. The highest BCUT2D eigenvalue weighted by atomic mass is 19.3. The van der Waals surface area contributed by atoms with Gasteiger partial charge in [-0.1, -0.05) is 6.07 Å². The van der Waals surface area contributed by atoms with Crippen LogP contribution < -0.4 is 14.8 Å². The lowest BCUT2D eigenvalue weighted by atomic mass is 9.51. The SMILES string of the molecule is COc1cc(CNC(=O)C2C3CC4CC(C3)CC2C4)ccc1OC(F)F. The molecule has 0 aromatic heterocycles. The number of alkyl halides is 2. The van der Waals surface area contributed by atoms with Crippen LogP contribution in [0.3, 0.4) is 0 Å². The Hall–Kier alpha value is -1.85. The Kier molecular flexibility index (Phi) is 4.76. The first-order chi connectivity index (χ1) is 12.5. The number of halogens is 2. The van der Waals surface area contributed by atoms with E-state index >= 15 is 0 Å². The van der Waals surface area contributed by atoms with E-state index in [0.29, 0.717) is 18.4 Å². The lowest BCUT2D eigenvalue weighted by molar-refractivity contribution is -0.138. The highest BCUT2D eigenvalue weighted by molar-refractivity contribution is 5.79. The Balaban J connectivity index is 1.39. The highest BCUT2D eigenvalue weighted by Crippen LogP contribution is 2.56. The maximum Gasteiger partial charge on any atom is 0.387 e. The molecule has 1 aromatic rings. The number of rotatable bonds is 6. The average Bonchev–Trinajstić information content (AvgIpc) is 2.59. The number of amides is 1. The molecule has 4 aliphatic carbocycles. The first-order valence-corrected chi connectivity index (χ1v) is 9.43. The van der Waals surface area contributed by atoms with Gasteiger partial charge in [-0.25, -0.2) is 0 Å². The smallest absolute Gasteiger partial charge is 0.387 e. The molecule has 1 amide bonds. The van der Waals surface area contributed by atoms with Gasteiger partial charge in [0, 0.05) is 12.5 Å². The molecule has 4 saturated carbocycles. The Morgan fingerprint density at radius 3 is 2.35 bits per heavy atom. The minimum atomic E-state index is -2.90. The number of hydrogen-bond donors (Lipinski definition) is 1. The predicted octanol–water partition coefficient (Wildman–Crippen LogP) is 3.99. The first kappa shape index (κ1) is 17.6. The van der Waals surface area contributed by atoms with Crippen LogP contribution in [-0.2, 0) is 11.3 Å². The first-order valence-electron chi connectivity index (χ1n) is 9.43. The van der Waals surface area contributed by atoms with Gasteiger partial charge in [-0.3, -0.25) is 4.79 Å². The van der Waals surface area contributed by atoms with Crippen molar-refractivity contribution < 1.29 is 23.0 Å². The third-order valence-corrected chi connectivity index (χ3v) is 6.44. The Morgan fingerprint density at radius 1 is 1.12 bits per heavy atom. The maximum atomic E-state index is 12.8. The quantitative estimate of drug-likeness (QED) is 0.829. The standard InChI is InChI=1S/C20H25F2NO3/c1-25-17-9-11(2-3-16(17)26-20(21)22)10-23-19(24)18-14-5-12-4-13(7-14)8-15(18)6-12/h2-3,9,12-15,18,20H,4-8,10H2,1H3,(H,23,24). The summed E-state index contributed by atoms with van der Waals surface area (Å²) in [5.41, 5.74) is 0.806. The molecule has 4 bridgehead atoms. The van der Waals surface area contributed by atoms with Crippen molar-refractivity contribution in [3.8, 4) is 11.5 Å². The Bertz CT molecular complexity index is 651. The van der Waals surface area contributed by atoms with E-state index in [2.05, 4.69) is 10.1 Å². The van der Waals surface area contributed by atoms with E-state index in [1.165, 1.54) is 45.3 Å². The number of hydrogen-bond acceptors (Lipinski definition) is 3. The van der Waals surface area contributed by atoms with Crippen molar-refractivity contribution in [2.24, 2.45) is 29.6 Å². The normalized spacial score (nSPS) is 31.9. The van der Waals surface area contributed by atoms with E-state index in [4.69, 9.17) is 4.74 Å². The van der Waals surface area contributed by atoms with Gasteiger partial charge in [0.15, 0.2) is 11.5 Å². The molecule has 0 unspecified atom stereocenters. The van der Waals surface area contributed by atoms with Gasteiger partial charge in [0.05, 0.1) is 7.11 Å². The van der Waals surface area contributed by atoms with Crippen LogP contribution >= 0.6 is 0 Å².